The first-order chi connectivity index (χ1) is 14.7. The first-order valence-corrected chi connectivity index (χ1v) is 11.9. The number of hydrogen-bond acceptors (Lipinski definition) is 6. The number of hydrogen-bond donors (Lipinski definition) is 1. The predicted molar refractivity (Wildman–Crippen MR) is 121 cm³/mol. The van der Waals surface area contributed by atoms with E-state index in [0.717, 1.165) is 36.2 Å². The molecule has 164 valence electrons. The Kier molecular flexibility index (Phi) is 5.72. The molecule has 8 nitrogen and oxygen atoms in total. The average molecular weight is 443 g/mol. The van der Waals surface area contributed by atoms with E-state index in [1.54, 1.807) is 19.1 Å². The van der Waals surface area contributed by atoms with E-state index in [1.807, 2.05) is 24.3 Å². The third-order valence-electron chi connectivity index (χ3n) is 5.70. The van der Waals surface area contributed by atoms with Crippen LogP contribution in [0.2, 0.25) is 0 Å². The summed E-state index contributed by atoms with van der Waals surface area (Å²) in [6.45, 7) is 5.55. The van der Waals surface area contributed by atoms with E-state index in [0.29, 0.717) is 5.69 Å². The van der Waals surface area contributed by atoms with Gasteiger partial charge in [-0.3, -0.25) is 9.59 Å². The van der Waals surface area contributed by atoms with Gasteiger partial charge in [-0.25, -0.2) is 12.7 Å². The van der Waals surface area contributed by atoms with Crippen molar-refractivity contribution in [3.05, 3.63) is 54.1 Å². The van der Waals surface area contributed by atoms with Crippen LogP contribution in [0.3, 0.4) is 0 Å². The molecule has 9 heteroatoms. The Morgan fingerprint density at radius 1 is 1.00 bits per heavy atom. The molecule has 2 fully saturated rings. The number of rotatable bonds is 4. The fraction of sp³-hybridized carbons (Fsp3) is 0.364. The third-order valence-corrected chi connectivity index (χ3v) is 7.57. The van der Waals surface area contributed by atoms with Crippen molar-refractivity contribution in [1.82, 2.24) is 4.90 Å². The Labute approximate surface area is 182 Å². The summed E-state index contributed by atoms with van der Waals surface area (Å²) in [6.07, 6.45) is 0. The molecule has 0 bridgehead atoms. The van der Waals surface area contributed by atoms with Crippen molar-refractivity contribution in [1.29, 1.82) is 0 Å². The van der Waals surface area contributed by atoms with Crippen LogP contribution in [0.1, 0.15) is 17.3 Å². The van der Waals surface area contributed by atoms with Crippen LogP contribution in [0.15, 0.2) is 48.5 Å². The maximum Gasteiger partial charge on any atom is 0.255 e. The van der Waals surface area contributed by atoms with Crippen molar-refractivity contribution in [3.8, 4) is 0 Å². The molecule has 2 aliphatic heterocycles. The summed E-state index contributed by atoms with van der Waals surface area (Å²) in [5, 5.41) is 2.84. The van der Waals surface area contributed by atoms with Gasteiger partial charge in [0.1, 0.15) is 0 Å². The number of sulfonamides is 1. The first-order valence-electron chi connectivity index (χ1n) is 10.3. The molecule has 0 radical (unpaired) electrons. The molecule has 2 heterocycles. The van der Waals surface area contributed by atoms with Gasteiger partial charge in [0.15, 0.2) is 0 Å². The Balaban J connectivity index is 1.47. The molecule has 2 saturated heterocycles. The number of amides is 2. The van der Waals surface area contributed by atoms with Crippen LogP contribution in [0.25, 0.3) is 0 Å². The molecule has 0 aromatic heterocycles. The van der Waals surface area contributed by atoms with Crippen LogP contribution in [-0.2, 0) is 14.8 Å². The average Bonchev–Trinajstić information content (AvgIpc) is 2.95. The summed E-state index contributed by atoms with van der Waals surface area (Å²) in [4.78, 5) is 29.6. The minimum atomic E-state index is -3.71. The number of likely N-dealkylation sites (N-methyl/N-ethyl adjacent to an activating group) is 1. The minimum absolute atomic E-state index is 0.187. The molecule has 31 heavy (non-hydrogen) atoms. The summed E-state index contributed by atoms with van der Waals surface area (Å²) in [6, 6.07) is 13.8. The number of carbonyl (C=O) groups excluding carboxylic acids is 2. The lowest BCUT2D eigenvalue weighted by molar-refractivity contribution is -0.119. The summed E-state index contributed by atoms with van der Waals surface area (Å²) >= 11 is 0. The molecular weight excluding hydrogens is 416 g/mol. The fourth-order valence-electron chi connectivity index (χ4n) is 3.88. The number of benzene rings is 2. The lowest BCUT2D eigenvalue weighted by atomic mass is 10.1. The molecule has 0 unspecified atom stereocenters. The molecule has 1 N–H and O–H groups in total. The fourth-order valence-corrected chi connectivity index (χ4v) is 5.70. The van der Waals surface area contributed by atoms with E-state index in [-0.39, 0.29) is 22.9 Å². The van der Waals surface area contributed by atoms with Gasteiger partial charge in [-0.2, -0.15) is 0 Å². The van der Waals surface area contributed by atoms with E-state index in [2.05, 4.69) is 22.2 Å². The SMILES string of the molecule is C[C@@H]1CS(=O)(=O)N(c2cccc(C(=O)Nc3ccc(N4CCN(C)CC4)cc3)c2)C1=O. The molecule has 2 aliphatic rings. The van der Waals surface area contributed by atoms with Crippen molar-refractivity contribution in [2.24, 2.45) is 5.92 Å². The van der Waals surface area contributed by atoms with Gasteiger partial charge < -0.3 is 15.1 Å². The molecule has 2 aromatic carbocycles. The van der Waals surface area contributed by atoms with Crippen LogP contribution >= 0.6 is 0 Å². The van der Waals surface area contributed by atoms with E-state index >= 15 is 0 Å². The Morgan fingerprint density at radius 3 is 2.29 bits per heavy atom. The smallest absolute Gasteiger partial charge is 0.255 e. The van der Waals surface area contributed by atoms with Crippen LogP contribution in [-0.4, -0.2) is 64.1 Å². The quantitative estimate of drug-likeness (QED) is 0.779. The Morgan fingerprint density at radius 2 is 1.68 bits per heavy atom. The van der Waals surface area contributed by atoms with Crippen molar-refractivity contribution in [3.63, 3.8) is 0 Å². The molecule has 0 saturated carbocycles. The number of nitrogens with zero attached hydrogens (tertiary/aromatic N) is 3. The second kappa shape index (κ2) is 8.32. The molecule has 4 rings (SSSR count). The van der Waals surface area contributed by atoms with Gasteiger partial charge in [0, 0.05) is 43.1 Å². The number of nitrogens with one attached hydrogen (secondary N) is 1. The predicted octanol–water partition coefficient (Wildman–Crippen LogP) is 2.00. The van der Waals surface area contributed by atoms with Crippen LogP contribution in [0.5, 0.6) is 0 Å². The summed E-state index contributed by atoms with van der Waals surface area (Å²) < 4.78 is 25.5. The van der Waals surface area contributed by atoms with Crippen molar-refractivity contribution in [2.45, 2.75) is 6.92 Å². The molecular formula is C22H26N4O4S. The molecule has 1 atom stereocenters. The standard InChI is InChI=1S/C22H26N4O4S/c1-16-15-31(29,30)26(22(16)28)20-5-3-4-17(14-20)21(27)23-18-6-8-19(9-7-18)25-12-10-24(2)11-13-25/h3-9,14,16H,10-13,15H2,1-2H3,(H,23,27)/t16-/m1/s1. The largest absolute Gasteiger partial charge is 0.369 e. The highest BCUT2D eigenvalue weighted by Gasteiger charge is 2.42. The van der Waals surface area contributed by atoms with Gasteiger partial charge in [-0.05, 0) is 49.5 Å². The maximum absolute atomic E-state index is 12.7. The summed E-state index contributed by atoms with van der Waals surface area (Å²) in [5.41, 5.74) is 2.22. The highest BCUT2D eigenvalue weighted by atomic mass is 32.2. The zero-order valence-corrected chi connectivity index (χ0v) is 18.4. The maximum atomic E-state index is 12.7. The summed E-state index contributed by atoms with van der Waals surface area (Å²) in [5.74, 6) is -1.66. The van der Waals surface area contributed by atoms with Crippen molar-refractivity contribution < 1.29 is 18.0 Å². The first kappa shape index (κ1) is 21.3. The normalized spacial score (nSPS) is 21.4. The molecule has 0 spiro atoms. The molecule has 2 aromatic rings. The molecule has 0 aliphatic carbocycles. The van der Waals surface area contributed by atoms with Gasteiger partial charge in [0.2, 0.25) is 15.9 Å². The topological polar surface area (TPSA) is 90.0 Å². The highest BCUT2D eigenvalue weighted by Crippen LogP contribution is 2.29. The van der Waals surface area contributed by atoms with E-state index < -0.39 is 21.8 Å². The second-order valence-corrected chi connectivity index (χ2v) is 9.99. The number of piperazine rings is 1. The van der Waals surface area contributed by atoms with E-state index in [1.165, 1.54) is 12.1 Å². The van der Waals surface area contributed by atoms with Gasteiger partial charge in [-0.15, -0.1) is 0 Å². The third kappa shape index (κ3) is 4.42. The zero-order chi connectivity index (χ0) is 22.2. The zero-order valence-electron chi connectivity index (χ0n) is 17.6. The second-order valence-electron chi connectivity index (χ2n) is 8.12. The Hall–Kier alpha value is -2.91. The number of anilines is 3. The highest BCUT2D eigenvalue weighted by molar-refractivity contribution is 7.94. The van der Waals surface area contributed by atoms with Gasteiger partial charge in [0.05, 0.1) is 17.4 Å². The lowest BCUT2D eigenvalue weighted by Crippen LogP contribution is -2.44. The van der Waals surface area contributed by atoms with Crippen LogP contribution in [0, 0.1) is 5.92 Å². The van der Waals surface area contributed by atoms with Crippen molar-refractivity contribution >= 4 is 38.9 Å². The Bertz CT molecular complexity index is 1090. The van der Waals surface area contributed by atoms with Crippen LogP contribution in [0.4, 0.5) is 17.1 Å². The minimum Gasteiger partial charge on any atom is -0.369 e. The molecule has 2 amide bonds. The van der Waals surface area contributed by atoms with E-state index in [4.69, 9.17) is 0 Å². The van der Waals surface area contributed by atoms with Crippen molar-refractivity contribution in [2.75, 3.05) is 53.5 Å². The monoisotopic (exact) mass is 442 g/mol. The van der Waals surface area contributed by atoms with Crippen LogP contribution < -0.4 is 14.5 Å². The summed E-state index contributed by atoms with van der Waals surface area (Å²) in [7, 11) is -1.60. The lowest BCUT2D eigenvalue weighted by Gasteiger charge is -2.34. The van der Waals surface area contributed by atoms with Gasteiger partial charge >= 0.3 is 0 Å². The van der Waals surface area contributed by atoms with E-state index in [9.17, 15) is 18.0 Å². The van der Waals surface area contributed by atoms with Gasteiger partial charge in [0.25, 0.3) is 5.91 Å². The number of carbonyl (C=O) groups is 2. The van der Waals surface area contributed by atoms with Gasteiger partial charge in [-0.1, -0.05) is 13.0 Å².